The van der Waals surface area contributed by atoms with Crippen LogP contribution < -0.4 is 0 Å². The summed E-state index contributed by atoms with van der Waals surface area (Å²) in [7, 11) is 0. The van der Waals surface area contributed by atoms with E-state index in [-0.39, 0.29) is 6.23 Å². The second-order valence-corrected chi connectivity index (χ2v) is 2.88. The van der Waals surface area contributed by atoms with Gasteiger partial charge in [0, 0.05) is 12.3 Å². The van der Waals surface area contributed by atoms with Crippen LogP contribution in [0.3, 0.4) is 0 Å². The fourth-order valence-electron chi connectivity index (χ4n) is 1.20. The van der Waals surface area contributed by atoms with Gasteiger partial charge in [-0.05, 0) is 27.7 Å². The molecular weight excluding hydrogens is 152 g/mol. The number of nitrogens with zero attached hydrogens (tertiary/aromatic N) is 2. The van der Waals surface area contributed by atoms with E-state index in [1.807, 2.05) is 31.7 Å². The zero-order valence-electron chi connectivity index (χ0n) is 8.16. The monoisotopic (exact) mass is 168 g/mol. The Labute approximate surface area is 73.4 Å². The first kappa shape index (κ1) is 9.26. The highest BCUT2D eigenvalue weighted by atomic mass is 16.5. The Kier molecular flexibility index (Phi) is 2.87. The second kappa shape index (κ2) is 3.72. The van der Waals surface area contributed by atoms with Gasteiger partial charge in [-0.3, -0.25) is 0 Å². The molecule has 0 bridgehead atoms. The number of rotatable bonds is 3. The molecule has 0 amide bonds. The van der Waals surface area contributed by atoms with Crippen molar-refractivity contribution >= 4 is 0 Å². The molecule has 0 aliphatic rings. The van der Waals surface area contributed by atoms with E-state index in [1.165, 1.54) is 5.69 Å². The molecule has 1 aromatic rings. The van der Waals surface area contributed by atoms with Crippen LogP contribution >= 0.6 is 0 Å². The van der Waals surface area contributed by atoms with E-state index in [0.717, 1.165) is 12.3 Å². The first-order chi connectivity index (χ1) is 5.66. The topological polar surface area (TPSA) is 27.1 Å². The van der Waals surface area contributed by atoms with Crippen molar-refractivity contribution in [2.75, 3.05) is 6.61 Å². The van der Waals surface area contributed by atoms with Crippen LogP contribution in [0.5, 0.6) is 0 Å². The standard InChI is InChI=1S/C9H16N2O/c1-5-12-9(4)11-6-10-7(2)8(11)3/h6,9H,5H2,1-4H3. The molecule has 1 aromatic heterocycles. The SMILES string of the molecule is CCOC(C)n1cnc(C)c1C. The first-order valence-electron chi connectivity index (χ1n) is 4.28. The van der Waals surface area contributed by atoms with Crippen LogP contribution in [0.1, 0.15) is 31.5 Å². The van der Waals surface area contributed by atoms with Gasteiger partial charge < -0.3 is 9.30 Å². The lowest BCUT2D eigenvalue weighted by Gasteiger charge is -2.14. The maximum absolute atomic E-state index is 5.44. The molecule has 0 saturated heterocycles. The third-order valence-corrected chi connectivity index (χ3v) is 2.09. The molecule has 0 fully saturated rings. The maximum atomic E-state index is 5.44. The Balaban J connectivity index is 2.80. The minimum atomic E-state index is 0.0937. The first-order valence-corrected chi connectivity index (χ1v) is 4.28. The van der Waals surface area contributed by atoms with Gasteiger partial charge in [-0.25, -0.2) is 4.98 Å². The largest absolute Gasteiger partial charge is 0.359 e. The lowest BCUT2D eigenvalue weighted by molar-refractivity contribution is 0.0234. The fraction of sp³-hybridized carbons (Fsp3) is 0.667. The summed E-state index contributed by atoms with van der Waals surface area (Å²) < 4.78 is 7.49. The van der Waals surface area contributed by atoms with Gasteiger partial charge in [0.1, 0.15) is 6.23 Å². The highest BCUT2D eigenvalue weighted by molar-refractivity contribution is 5.08. The van der Waals surface area contributed by atoms with E-state index >= 15 is 0 Å². The van der Waals surface area contributed by atoms with Crippen molar-refractivity contribution in [2.45, 2.75) is 33.9 Å². The van der Waals surface area contributed by atoms with E-state index in [2.05, 4.69) is 11.9 Å². The summed E-state index contributed by atoms with van der Waals surface area (Å²) in [5.41, 5.74) is 2.25. The average molecular weight is 168 g/mol. The molecule has 12 heavy (non-hydrogen) atoms. The van der Waals surface area contributed by atoms with Crippen LogP contribution in [0.2, 0.25) is 0 Å². The van der Waals surface area contributed by atoms with Gasteiger partial charge in [-0.1, -0.05) is 0 Å². The molecule has 1 rings (SSSR count). The third-order valence-electron chi connectivity index (χ3n) is 2.09. The molecule has 1 heterocycles. The lowest BCUT2D eigenvalue weighted by Crippen LogP contribution is -2.09. The maximum Gasteiger partial charge on any atom is 0.132 e. The minimum Gasteiger partial charge on any atom is -0.359 e. The zero-order valence-corrected chi connectivity index (χ0v) is 8.16. The predicted octanol–water partition coefficient (Wildman–Crippen LogP) is 2.05. The Morgan fingerprint density at radius 1 is 1.58 bits per heavy atom. The summed E-state index contributed by atoms with van der Waals surface area (Å²) in [6, 6.07) is 0. The highest BCUT2D eigenvalue weighted by Gasteiger charge is 2.07. The molecule has 1 atom stereocenters. The van der Waals surface area contributed by atoms with E-state index < -0.39 is 0 Å². The molecule has 0 saturated carbocycles. The lowest BCUT2D eigenvalue weighted by atomic mass is 10.4. The quantitative estimate of drug-likeness (QED) is 0.690. The normalized spacial score (nSPS) is 13.3. The molecule has 0 N–H and O–H groups in total. The second-order valence-electron chi connectivity index (χ2n) is 2.88. The summed E-state index contributed by atoms with van der Waals surface area (Å²) in [4.78, 5) is 4.20. The van der Waals surface area contributed by atoms with Crippen molar-refractivity contribution in [2.24, 2.45) is 0 Å². The molecule has 0 aromatic carbocycles. The number of aromatic nitrogens is 2. The molecule has 0 radical (unpaired) electrons. The molecule has 3 nitrogen and oxygen atoms in total. The van der Waals surface area contributed by atoms with Crippen molar-refractivity contribution < 1.29 is 4.74 Å². The molecule has 68 valence electrons. The highest BCUT2D eigenvalue weighted by Crippen LogP contribution is 2.12. The van der Waals surface area contributed by atoms with Crippen molar-refractivity contribution in [3.05, 3.63) is 17.7 Å². The van der Waals surface area contributed by atoms with E-state index in [9.17, 15) is 0 Å². The smallest absolute Gasteiger partial charge is 0.132 e. The van der Waals surface area contributed by atoms with Gasteiger partial charge in [-0.2, -0.15) is 0 Å². The zero-order chi connectivity index (χ0) is 9.14. The van der Waals surface area contributed by atoms with Gasteiger partial charge >= 0.3 is 0 Å². The van der Waals surface area contributed by atoms with E-state index in [4.69, 9.17) is 4.74 Å². The number of hydrogen-bond donors (Lipinski definition) is 0. The van der Waals surface area contributed by atoms with E-state index in [0.29, 0.717) is 0 Å². The summed E-state index contributed by atoms with van der Waals surface area (Å²) in [6.07, 6.45) is 1.92. The Bertz CT molecular complexity index is 255. The van der Waals surface area contributed by atoms with Crippen molar-refractivity contribution in [3.63, 3.8) is 0 Å². The van der Waals surface area contributed by atoms with E-state index in [1.54, 1.807) is 0 Å². The Morgan fingerprint density at radius 2 is 2.25 bits per heavy atom. The van der Waals surface area contributed by atoms with Crippen LogP contribution in [0, 0.1) is 13.8 Å². The summed E-state index contributed by atoms with van der Waals surface area (Å²) in [5, 5.41) is 0. The number of ether oxygens (including phenoxy) is 1. The van der Waals surface area contributed by atoms with Crippen LogP contribution in [0.25, 0.3) is 0 Å². The number of hydrogen-bond acceptors (Lipinski definition) is 2. The van der Waals surface area contributed by atoms with Gasteiger partial charge in [0.15, 0.2) is 0 Å². The Morgan fingerprint density at radius 3 is 2.67 bits per heavy atom. The Hall–Kier alpha value is -0.830. The fourth-order valence-corrected chi connectivity index (χ4v) is 1.20. The molecular formula is C9H16N2O. The summed E-state index contributed by atoms with van der Waals surface area (Å²) in [6.45, 7) is 8.81. The third kappa shape index (κ3) is 1.67. The number of imidazole rings is 1. The summed E-state index contributed by atoms with van der Waals surface area (Å²) in [5.74, 6) is 0. The van der Waals surface area contributed by atoms with Crippen LogP contribution in [0.15, 0.2) is 6.33 Å². The van der Waals surface area contributed by atoms with Crippen molar-refractivity contribution in [1.29, 1.82) is 0 Å². The minimum absolute atomic E-state index is 0.0937. The molecule has 0 aliphatic heterocycles. The van der Waals surface area contributed by atoms with Crippen LogP contribution in [-0.2, 0) is 4.74 Å². The number of aryl methyl sites for hydroxylation is 1. The predicted molar refractivity (Wildman–Crippen MR) is 48.0 cm³/mol. The molecule has 0 aliphatic carbocycles. The molecule has 0 spiro atoms. The van der Waals surface area contributed by atoms with Gasteiger partial charge in [0.2, 0.25) is 0 Å². The average Bonchev–Trinajstić information content (AvgIpc) is 2.34. The summed E-state index contributed by atoms with van der Waals surface area (Å²) >= 11 is 0. The van der Waals surface area contributed by atoms with Crippen LogP contribution in [0.4, 0.5) is 0 Å². The van der Waals surface area contributed by atoms with Crippen LogP contribution in [-0.4, -0.2) is 16.2 Å². The molecule has 1 unspecified atom stereocenters. The van der Waals surface area contributed by atoms with Crippen molar-refractivity contribution in [1.82, 2.24) is 9.55 Å². The van der Waals surface area contributed by atoms with Gasteiger partial charge in [0.05, 0.1) is 12.0 Å². The van der Waals surface area contributed by atoms with Gasteiger partial charge in [-0.15, -0.1) is 0 Å². The van der Waals surface area contributed by atoms with Gasteiger partial charge in [0.25, 0.3) is 0 Å². The molecule has 3 heteroatoms. The van der Waals surface area contributed by atoms with Crippen molar-refractivity contribution in [3.8, 4) is 0 Å².